The van der Waals surface area contributed by atoms with Gasteiger partial charge in [-0.3, -0.25) is 0 Å². The van der Waals surface area contributed by atoms with Gasteiger partial charge in [0.1, 0.15) is 6.61 Å². The van der Waals surface area contributed by atoms with Crippen LogP contribution in [0.3, 0.4) is 0 Å². The molecular weight excluding hydrogens is 341 g/mol. The minimum Gasteiger partial charge on any atom is -0.493 e. The molecule has 0 fully saturated rings. The number of methoxy groups -OCH3 is 1. The number of ether oxygens (including phenoxy) is 2. The van der Waals surface area contributed by atoms with Gasteiger partial charge in [-0.1, -0.05) is 12.1 Å². The van der Waals surface area contributed by atoms with Gasteiger partial charge >= 0.3 is 0 Å². The van der Waals surface area contributed by atoms with Crippen LogP contribution in [0.5, 0.6) is 11.5 Å². The number of halogens is 1. The molecule has 94 valence electrons. The Bertz CT molecular complexity index is 526. The fourth-order valence-electron chi connectivity index (χ4n) is 1.55. The number of hydrogen-bond donors (Lipinski definition) is 1. The third kappa shape index (κ3) is 3.29. The highest BCUT2D eigenvalue weighted by Crippen LogP contribution is 2.29. The molecule has 0 atom stereocenters. The van der Waals surface area contributed by atoms with Crippen molar-refractivity contribution in [3.8, 4) is 11.5 Å². The Morgan fingerprint density at radius 1 is 1.06 bits per heavy atom. The first-order valence-corrected chi connectivity index (χ1v) is 6.57. The van der Waals surface area contributed by atoms with Crippen LogP contribution in [-0.4, -0.2) is 7.11 Å². The van der Waals surface area contributed by atoms with E-state index in [1.807, 2.05) is 18.2 Å². The minimum absolute atomic E-state index is 0.511. The number of anilines is 1. The fourth-order valence-corrected chi connectivity index (χ4v) is 1.90. The molecular formula is C14H14INO2. The van der Waals surface area contributed by atoms with Gasteiger partial charge in [0.05, 0.1) is 7.11 Å². The molecule has 0 aliphatic rings. The van der Waals surface area contributed by atoms with E-state index in [4.69, 9.17) is 15.2 Å². The Kier molecular flexibility index (Phi) is 4.30. The van der Waals surface area contributed by atoms with Crippen LogP contribution < -0.4 is 15.2 Å². The van der Waals surface area contributed by atoms with Crippen LogP contribution in [0.1, 0.15) is 5.56 Å². The van der Waals surface area contributed by atoms with Crippen molar-refractivity contribution in [3.63, 3.8) is 0 Å². The van der Waals surface area contributed by atoms with Crippen molar-refractivity contribution in [3.05, 3.63) is 51.6 Å². The molecule has 0 aromatic heterocycles. The van der Waals surface area contributed by atoms with E-state index in [9.17, 15) is 0 Å². The van der Waals surface area contributed by atoms with Crippen LogP contribution >= 0.6 is 22.6 Å². The molecule has 0 spiro atoms. The molecule has 2 rings (SSSR count). The molecule has 18 heavy (non-hydrogen) atoms. The molecule has 0 aliphatic heterocycles. The predicted octanol–water partition coefficient (Wildman–Crippen LogP) is 3.46. The molecule has 0 saturated heterocycles. The van der Waals surface area contributed by atoms with E-state index >= 15 is 0 Å². The van der Waals surface area contributed by atoms with E-state index < -0.39 is 0 Å². The van der Waals surface area contributed by atoms with Crippen LogP contribution in [0, 0.1) is 3.57 Å². The highest BCUT2D eigenvalue weighted by molar-refractivity contribution is 14.1. The maximum Gasteiger partial charge on any atom is 0.162 e. The van der Waals surface area contributed by atoms with E-state index in [1.54, 1.807) is 19.2 Å². The summed E-state index contributed by atoms with van der Waals surface area (Å²) < 4.78 is 12.2. The minimum atomic E-state index is 0.511. The summed E-state index contributed by atoms with van der Waals surface area (Å²) in [6, 6.07) is 13.6. The van der Waals surface area contributed by atoms with Gasteiger partial charge in [-0.15, -0.1) is 0 Å². The lowest BCUT2D eigenvalue weighted by molar-refractivity contribution is 0.284. The zero-order valence-corrected chi connectivity index (χ0v) is 12.2. The summed E-state index contributed by atoms with van der Waals surface area (Å²) in [7, 11) is 1.60. The molecule has 2 N–H and O–H groups in total. The quantitative estimate of drug-likeness (QED) is 0.675. The first-order valence-electron chi connectivity index (χ1n) is 5.50. The number of rotatable bonds is 4. The van der Waals surface area contributed by atoms with Crippen molar-refractivity contribution in [2.24, 2.45) is 0 Å². The third-order valence-corrected chi connectivity index (χ3v) is 3.21. The molecule has 4 heteroatoms. The maximum atomic E-state index is 5.73. The molecule has 0 radical (unpaired) electrons. The average molecular weight is 355 g/mol. The Labute approximate surface area is 120 Å². The van der Waals surface area contributed by atoms with E-state index in [0.29, 0.717) is 23.8 Å². The van der Waals surface area contributed by atoms with Crippen LogP contribution in [0.2, 0.25) is 0 Å². The third-order valence-electron chi connectivity index (χ3n) is 2.50. The molecule has 2 aromatic carbocycles. The Hall–Kier alpha value is -1.43. The van der Waals surface area contributed by atoms with E-state index in [-0.39, 0.29) is 0 Å². The summed E-state index contributed by atoms with van der Waals surface area (Å²) in [5.41, 5.74) is 7.47. The van der Waals surface area contributed by atoms with Crippen molar-refractivity contribution in [2.45, 2.75) is 6.61 Å². The number of hydrogen-bond acceptors (Lipinski definition) is 3. The van der Waals surface area contributed by atoms with Crippen molar-refractivity contribution in [2.75, 3.05) is 12.8 Å². The highest BCUT2D eigenvalue weighted by atomic mass is 127. The standard InChI is InChI=1S/C14H14INO2/c1-17-14-8-12(16)6-7-13(14)18-9-10-2-4-11(15)5-3-10/h2-8H,9,16H2,1H3. The highest BCUT2D eigenvalue weighted by Gasteiger charge is 2.04. The van der Waals surface area contributed by atoms with E-state index in [0.717, 1.165) is 5.56 Å². The number of nitrogens with two attached hydrogens (primary N) is 1. The fraction of sp³-hybridized carbons (Fsp3) is 0.143. The van der Waals surface area contributed by atoms with Crippen molar-refractivity contribution in [1.82, 2.24) is 0 Å². The van der Waals surface area contributed by atoms with Gasteiger partial charge in [0.15, 0.2) is 11.5 Å². The van der Waals surface area contributed by atoms with Crippen LogP contribution in [-0.2, 0) is 6.61 Å². The van der Waals surface area contributed by atoms with Crippen LogP contribution in [0.15, 0.2) is 42.5 Å². The van der Waals surface area contributed by atoms with Gasteiger partial charge in [-0.25, -0.2) is 0 Å². The molecule has 0 heterocycles. The second-order valence-corrected chi connectivity index (χ2v) is 5.07. The molecule has 0 amide bonds. The summed E-state index contributed by atoms with van der Waals surface area (Å²) in [6.45, 7) is 0.511. The lowest BCUT2D eigenvalue weighted by atomic mass is 10.2. The normalized spacial score (nSPS) is 10.1. The lowest BCUT2D eigenvalue weighted by Crippen LogP contribution is -1.98. The van der Waals surface area contributed by atoms with Crippen molar-refractivity contribution >= 4 is 28.3 Å². The summed E-state index contributed by atoms with van der Waals surface area (Å²) in [4.78, 5) is 0. The lowest BCUT2D eigenvalue weighted by Gasteiger charge is -2.11. The topological polar surface area (TPSA) is 44.5 Å². The average Bonchev–Trinajstić information content (AvgIpc) is 2.39. The molecule has 2 aromatic rings. The van der Waals surface area contributed by atoms with Crippen LogP contribution in [0.4, 0.5) is 5.69 Å². The summed E-state index contributed by atoms with van der Waals surface area (Å²) in [6.07, 6.45) is 0. The predicted molar refractivity (Wildman–Crippen MR) is 80.9 cm³/mol. The second kappa shape index (κ2) is 5.95. The molecule has 3 nitrogen and oxygen atoms in total. The SMILES string of the molecule is COc1cc(N)ccc1OCc1ccc(I)cc1. The monoisotopic (exact) mass is 355 g/mol. The summed E-state index contributed by atoms with van der Waals surface area (Å²) in [5, 5.41) is 0. The Balaban J connectivity index is 2.08. The van der Waals surface area contributed by atoms with Gasteiger partial charge in [0, 0.05) is 15.3 Å². The second-order valence-electron chi connectivity index (χ2n) is 3.83. The zero-order valence-electron chi connectivity index (χ0n) is 10.0. The molecule has 0 unspecified atom stereocenters. The Morgan fingerprint density at radius 2 is 1.78 bits per heavy atom. The summed E-state index contributed by atoms with van der Waals surface area (Å²) >= 11 is 2.28. The van der Waals surface area contributed by atoms with Crippen molar-refractivity contribution < 1.29 is 9.47 Å². The van der Waals surface area contributed by atoms with E-state index in [1.165, 1.54) is 3.57 Å². The maximum absolute atomic E-state index is 5.73. The van der Waals surface area contributed by atoms with Gasteiger partial charge in [0.25, 0.3) is 0 Å². The number of nitrogen functional groups attached to an aromatic ring is 1. The van der Waals surface area contributed by atoms with Crippen molar-refractivity contribution in [1.29, 1.82) is 0 Å². The Morgan fingerprint density at radius 3 is 2.44 bits per heavy atom. The first-order chi connectivity index (χ1) is 8.69. The molecule has 0 saturated carbocycles. The molecule has 0 aliphatic carbocycles. The summed E-state index contributed by atoms with van der Waals surface area (Å²) in [5.74, 6) is 1.35. The van der Waals surface area contributed by atoms with Gasteiger partial charge in [-0.05, 0) is 52.4 Å². The largest absolute Gasteiger partial charge is 0.493 e. The number of benzene rings is 2. The molecule has 0 bridgehead atoms. The van der Waals surface area contributed by atoms with Crippen LogP contribution in [0.25, 0.3) is 0 Å². The van der Waals surface area contributed by atoms with E-state index in [2.05, 4.69) is 34.7 Å². The smallest absolute Gasteiger partial charge is 0.162 e. The zero-order chi connectivity index (χ0) is 13.0. The first kappa shape index (κ1) is 13.0. The van der Waals surface area contributed by atoms with Gasteiger partial charge in [0.2, 0.25) is 0 Å². The van der Waals surface area contributed by atoms with Gasteiger partial charge in [-0.2, -0.15) is 0 Å². The van der Waals surface area contributed by atoms with Gasteiger partial charge < -0.3 is 15.2 Å².